The summed E-state index contributed by atoms with van der Waals surface area (Å²) in [7, 11) is 1.76. The molecule has 16 heavy (non-hydrogen) atoms. The van der Waals surface area contributed by atoms with Crippen LogP contribution in [0.15, 0.2) is 28.7 Å². The lowest BCUT2D eigenvalue weighted by molar-refractivity contribution is -0.147. The predicted octanol–water partition coefficient (Wildman–Crippen LogP) is 2.49. The Morgan fingerprint density at radius 3 is 2.75 bits per heavy atom. The first-order valence-corrected chi connectivity index (χ1v) is 6.05. The van der Waals surface area contributed by atoms with E-state index < -0.39 is 0 Å². The van der Waals surface area contributed by atoms with Crippen molar-refractivity contribution in [2.24, 2.45) is 0 Å². The van der Waals surface area contributed by atoms with E-state index in [1.807, 2.05) is 31.2 Å². The van der Waals surface area contributed by atoms with Crippen LogP contribution in [0.1, 0.15) is 18.9 Å². The van der Waals surface area contributed by atoms with Gasteiger partial charge in [0.15, 0.2) is 0 Å². The lowest BCUT2D eigenvalue weighted by Gasteiger charge is -2.13. The van der Waals surface area contributed by atoms with Crippen LogP contribution in [-0.2, 0) is 16.1 Å². The highest BCUT2D eigenvalue weighted by molar-refractivity contribution is 9.10. The van der Waals surface area contributed by atoms with Crippen molar-refractivity contribution in [1.29, 1.82) is 0 Å². The molecule has 3 nitrogen and oxygen atoms in total. The molecule has 0 aliphatic carbocycles. The van der Waals surface area contributed by atoms with Crippen LogP contribution in [0.4, 0.5) is 0 Å². The van der Waals surface area contributed by atoms with Crippen LogP contribution in [0.3, 0.4) is 0 Å². The molecular formula is C12H16BrNO2. The van der Waals surface area contributed by atoms with Gasteiger partial charge in [-0.25, -0.2) is 0 Å². The van der Waals surface area contributed by atoms with Crippen LogP contribution in [-0.4, -0.2) is 19.1 Å². The normalized spacial score (nSPS) is 12.2. The molecule has 1 N–H and O–H groups in total. The molecule has 0 spiro atoms. The number of hydrogen-bond acceptors (Lipinski definition) is 3. The Morgan fingerprint density at radius 2 is 2.19 bits per heavy atom. The number of hydrogen-bond donors (Lipinski definition) is 1. The fourth-order valence-electron chi connectivity index (χ4n) is 1.35. The lowest BCUT2D eigenvalue weighted by atomic mass is 10.2. The number of ether oxygens (including phenoxy) is 1. The fraction of sp³-hybridized carbons (Fsp3) is 0.417. The van der Waals surface area contributed by atoms with Crippen molar-refractivity contribution in [1.82, 2.24) is 5.32 Å². The van der Waals surface area contributed by atoms with E-state index in [2.05, 4.69) is 21.2 Å². The fourth-order valence-corrected chi connectivity index (χ4v) is 1.75. The van der Waals surface area contributed by atoms with Gasteiger partial charge in [0.05, 0.1) is 0 Å². The standard InChI is InChI=1S/C12H16BrNO2/c1-3-11(14-2)12(15)16-8-9-6-4-5-7-10(9)13/h4-7,11,14H,3,8H2,1-2H3. The first-order chi connectivity index (χ1) is 7.69. The summed E-state index contributed by atoms with van der Waals surface area (Å²) in [5.41, 5.74) is 0.974. The molecule has 88 valence electrons. The van der Waals surface area contributed by atoms with Gasteiger partial charge in [-0.15, -0.1) is 0 Å². The summed E-state index contributed by atoms with van der Waals surface area (Å²) in [4.78, 5) is 11.6. The van der Waals surface area contributed by atoms with Gasteiger partial charge >= 0.3 is 5.97 Å². The zero-order valence-electron chi connectivity index (χ0n) is 9.50. The smallest absolute Gasteiger partial charge is 0.323 e. The molecule has 1 aromatic carbocycles. The van der Waals surface area contributed by atoms with Crippen LogP contribution >= 0.6 is 15.9 Å². The number of benzene rings is 1. The topological polar surface area (TPSA) is 38.3 Å². The van der Waals surface area contributed by atoms with Gasteiger partial charge in [0, 0.05) is 10.0 Å². The number of likely N-dealkylation sites (N-methyl/N-ethyl adjacent to an activating group) is 1. The number of nitrogens with one attached hydrogen (secondary N) is 1. The van der Waals surface area contributed by atoms with Crippen LogP contribution in [0.25, 0.3) is 0 Å². The summed E-state index contributed by atoms with van der Waals surface area (Å²) in [5, 5.41) is 2.92. The molecule has 0 amide bonds. The number of esters is 1. The Kier molecular flexibility index (Phi) is 5.49. The summed E-state index contributed by atoms with van der Waals surface area (Å²) in [6.45, 7) is 2.25. The molecule has 1 rings (SSSR count). The van der Waals surface area contributed by atoms with Gasteiger partial charge < -0.3 is 10.1 Å². The molecule has 1 unspecified atom stereocenters. The average Bonchev–Trinajstić information content (AvgIpc) is 2.29. The van der Waals surface area contributed by atoms with Crippen LogP contribution in [0, 0.1) is 0 Å². The first-order valence-electron chi connectivity index (χ1n) is 5.26. The molecule has 0 radical (unpaired) electrons. The highest BCUT2D eigenvalue weighted by Gasteiger charge is 2.15. The van der Waals surface area contributed by atoms with Crippen molar-refractivity contribution in [3.05, 3.63) is 34.3 Å². The van der Waals surface area contributed by atoms with Gasteiger partial charge in [-0.05, 0) is 19.5 Å². The number of rotatable bonds is 5. The van der Waals surface area contributed by atoms with E-state index in [9.17, 15) is 4.79 Å². The molecule has 1 aromatic rings. The highest BCUT2D eigenvalue weighted by Crippen LogP contribution is 2.16. The molecule has 4 heteroatoms. The van der Waals surface area contributed by atoms with Crippen LogP contribution in [0.5, 0.6) is 0 Å². The van der Waals surface area contributed by atoms with E-state index in [0.29, 0.717) is 6.61 Å². The Bertz CT molecular complexity index is 351. The first kappa shape index (κ1) is 13.2. The third-order valence-corrected chi connectivity index (χ3v) is 3.14. The summed E-state index contributed by atoms with van der Waals surface area (Å²) in [6.07, 6.45) is 0.727. The van der Waals surface area contributed by atoms with Crippen molar-refractivity contribution < 1.29 is 9.53 Å². The minimum absolute atomic E-state index is 0.208. The maximum Gasteiger partial charge on any atom is 0.323 e. The van der Waals surface area contributed by atoms with Gasteiger partial charge in [-0.3, -0.25) is 4.79 Å². The second kappa shape index (κ2) is 6.66. The lowest BCUT2D eigenvalue weighted by Crippen LogP contribution is -2.34. The van der Waals surface area contributed by atoms with Crippen LogP contribution < -0.4 is 5.32 Å². The monoisotopic (exact) mass is 285 g/mol. The number of carbonyl (C=O) groups is 1. The van der Waals surface area contributed by atoms with Gasteiger partial charge in [0.25, 0.3) is 0 Å². The van der Waals surface area contributed by atoms with E-state index >= 15 is 0 Å². The molecule has 0 fully saturated rings. The van der Waals surface area contributed by atoms with E-state index in [4.69, 9.17) is 4.74 Å². The molecule has 0 aromatic heterocycles. The highest BCUT2D eigenvalue weighted by atomic mass is 79.9. The third kappa shape index (κ3) is 3.61. The zero-order chi connectivity index (χ0) is 12.0. The average molecular weight is 286 g/mol. The largest absolute Gasteiger partial charge is 0.460 e. The second-order valence-corrected chi connectivity index (χ2v) is 4.30. The molecule has 0 saturated carbocycles. The molecule has 0 bridgehead atoms. The van der Waals surface area contributed by atoms with E-state index in [-0.39, 0.29) is 12.0 Å². The number of halogens is 1. The van der Waals surface area contributed by atoms with Crippen molar-refractivity contribution in [3.63, 3.8) is 0 Å². The third-order valence-electron chi connectivity index (χ3n) is 2.37. The van der Waals surface area contributed by atoms with Crippen molar-refractivity contribution >= 4 is 21.9 Å². The second-order valence-electron chi connectivity index (χ2n) is 3.45. The summed E-state index contributed by atoms with van der Waals surface area (Å²) >= 11 is 3.41. The van der Waals surface area contributed by atoms with Gasteiger partial charge in [-0.2, -0.15) is 0 Å². The van der Waals surface area contributed by atoms with E-state index in [0.717, 1.165) is 16.5 Å². The molecule has 0 heterocycles. The Morgan fingerprint density at radius 1 is 1.50 bits per heavy atom. The van der Waals surface area contributed by atoms with Crippen LogP contribution in [0.2, 0.25) is 0 Å². The summed E-state index contributed by atoms with van der Waals surface area (Å²) in [5.74, 6) is -0.208. The van der Waals surface area contributed by atoms with Gasteiger partial charge in [0.1, 0.15) is 12.6 Å². The summed E-state index contributed by atoms with van der Waals surface area (Å²) < 4.78 is 6.18. The van der Waals surface area contributed by atoms with Gasteiger partial charge in [-0.1, -0.05) is 41.1 Å². The molecule has 0 aliphatic heterocycles. The zero-order valence-corrected chi connectivity index (χ0v) is 11.1. The Balaban J connectivity index is 2.52. The molecule has 0 saturated heterocycles. The molecule has 0 aliphatic rings. The van der Waals surface area contributed by atoms with Gasteiger partial charge in [0.2, 0.25) is 0 Å². The summed E-state index contributed by atoms with van der Waals surface area (Å²) in [6, 6.07) is 7.49. The van der Waals surface area contributed by atoms with E-state index in [1.165, 1.54) is 0 Å². The quantitative estimate of drug-likeness (QED) is 0.845. The minimum Gasteiger partial charge on any atom is -0.460 e. The molecule has 1 atom stereocenters. The predicted molar refractivity (Wildman–Crippen MR) is 67.1 cm³/mol. The van der Waals surface area contributed by atoms with Crippen molar-refractivity contribution in [2.45, 2.75) is 26.0 Å². The number of carbonyl (C=O) groups excluding carboxylic acids is 1. The maximum absolute atomic E-state index is 11.6. The Labute approximate surface area is 104 Å². The SMILES string of the molecule is CCC(NC)C(=O)OCc1ccccc1Br. The molecular weight excluding hydrogens is 270 g/mol. The van der Waals surface area contributed by atoms with Crippen molar-refractivity contribution in [3.8, 4) is 0 Å². The Hall–Kier alpha value is -0.870. The van der Waals surface area contributed by atoms with E-state index in [1.54, 1.807) is 7.05 Å². The minimum atomic E-state index is -0.220. The maximum atomic E-state index is 11.6. The van der Waals surface area contributed by atoms with Crippen molar-refractivity contribution in [2.75, 3.05) is 7.05 Å².